The highest BCUT2D eigenvalue weighted by atomic mass is 35.5. The van der Waals surface area contributed by atoms with Crippen LogP contribution in [0, 0.1) is 0 Å². The molecule has 186 valence electrons. The summed E-state index contributed by atoms with van der Waals surface area (Å²) in [6.07, 6.45) is 3.85. The van der Waals surface area contributed by atoms with Crippen LogP contribution in [0.2, 0.25) is 5.02 Å². The van der Waals surface area contributed by atoms with Gasteiger partial charge in [0.05, 0.1) is 12.8 Å². The van der Waals surface area contributed by atoms with Gasteiger partial charge in [0.15, 0.2) is 11.5 Å². The van der Waals surface area contributed by atoms with E-state index in [4.69, 9.17) is 21.1 Å². The fourth-order valence-electron chi connectivity index (χ4n) is 3.43. The van der Waals surface area contributed by atoms with E-state index in [1.165, 1.54) is 13.1 Å². The number of nitrogens with one attached hydrogen (secondary N) is 2. The van der Waals surface area contributed by atoms with Crippen LogP contribution in [0.15, 0.2) is 78.4 Å². The third kappa shape index (κ3) is 7.45. The second-order valence-corrected chi connectivity index (χ2v) is 8.18. The van der Waals surface area contributed by atoms with Crippen molar-refractivity contribution < 1.29 is 19.1 Å². The maximum atomic E-state index is 12.5. The van der Waals surface area contributed by atoms with E-state index < -0.39 is 5.91 Å². The molecule has 3 rings (SSSR count). The Morgan fingerprint density at radius 3 is 2.58 bits per heavy atom. The monoisotopic (exact) mass is 505 g/mol. The zero-order valence-electron chi connectivity index (χ0n) is 20.2. The lowest BCUT2D eigenvalue weighted by Crippen LogP contribution is -2.18. The summed E-state index contributed by atoms with van der Waals surface area (Å²) in [7, 11) is 0. The molecule has 0 spiro atoms. The molecule has 8 heteroatoms. The van der Waals surface area contributed by atoms with E-state index in [-0.39, 0.29) is 12.5 Å². The van der Waals surface area contributed by atoms with Crippen molar-refractivity contribution in [3.8, 4) is 11.5 Å². The van der Waals surface area contributed by atoms with E-state index in [0.29, 0.717) is 46.4 Å². The van der Waals surface area contributed by atoms with Gasteiger partial charge in [-0.15, -0.1) is 6.58 Å². The molecule has 0 aromatic heterocycles. The quantitative estimate of drug-likeness (QED) is 0.197. The summed E-state index contributed by atoms with van der Waals surface area (Å²) in [4.78, 5) is 23.8. The molecule has 0 atom stereocenters. The largest absolute Gasteiger partial charge is 0.490 e. The molecule has 0 saturated carbocycles. The SMILES string of the molecule is C=CCc1cc(/C=N/NC(=O)c2cccc(NC(C)=O)c2)cc(OCC)c1OCc1ccccc1Cl. The van der Waals surface area contributed by atoms with Crippen LogP contribution in [-0.4, -0.2) is 24.6 Å². The van der Waals surface area contributed by atoms with Crippen molar-refractivity contribution in [3.63, 3.8) is 0 Å². The summed E-state index contributed by atoms with van der Waals surface area (Å²) in [5.41, 5.74) is 5.84. The standard InChI is InChI=1S/C28H28ClN3O4/c1-4-9-21-14-20(17-30-32-28(34)22-11-8-12-24(16-22)31-19(3)33)15-26(35-5-2)27(21)36-18-23-10-6-7-13-25(23)29/h4,6-8,10-17H,1,5,9,18H2,2-3H3,(H,31,33)(H,32,34)/b30-17+. The van der Waals surface area contributed by atoms with Gasteiger partial charge in [-0.1, -0.05) is 41.9 Å². The third-order valence-electron chi connectivity index (χ3n) is 4.97. The Labute approximate surface area is 215 Å². The summed E-state index contributed by atoms with van der Waals surface area (Å²) in [6, 6.07) is 17.8. The Hall–Kier alpha value is -4.10. The number of ether oxygens (including phenoxy) is 2. The Morgan fingerprint density at radius 2 is 1.86 bits per heavy atom. The van der Waals surface area contributed by atoms with Gasteiger partial charge in [-0.2, -0.15) is 5.10 Å². The molecule has 0 unspecified atom stereocenters. The number of amides is 2. The average Bonchev–Trinajstić information content (AvgIpc) is 2.84. The Bertz CT molecular complexity index is 1270. The van der Waals surface area contributed by atoms with Crippen molar-refractivity contribution in [2.45, 2.75) is 26.9 Å². The van der Waals surface area contributed by atoms with Gasteiger partial charge < -0.3 is 14.8 Å². The highest BCUT2D eigenvalue weighted by Gasteiger charge is 2.14. The summed E-state index contributed by atoms with van der Waals surface area (Å²) in [5, 5.41) is 7.37. The first-order valence-electron chi connectivity index (χ1n) is 11.4. The van der Waals surface area contributed by atoms with Gasteiger partial charge in [0.2, 0.25) is 5.91 Å². The molecule has 36 heavy (non-hydrogen) atoms. The molecule has 3 aromatic carbocycles. The number of carbonyl (C=O) groups is 2. The number of hydrogen-bond donors (Lipinski definition) is 2. The minimum atomic E-state index is -0.408. The van der Waals surface area contributed by atoms with Crippen molar-refractivity contribution in [3.05, 3.63) is 101 Å². The Balaban J connectivity index is 1.79. The van der Waals surface area contributed by atoms with Crippen LogP contribution in [0.4, 0.5) is 5.69 Å². The Morgan fingerprint density at radius 1 is 1.06 bits per heavy atom. The molecule has 7 nitrogen and oxygen atoms in total. The minimum Gasteiger partial charge on any atom is -0.490 e. The first kappa shape index (κ1) is 26.5. The van der Waals surface area contributed by atoms with Gasteiger partial charge in [-0.05, 0) is 55.3 Å². The fourth-order valence-corrected chi connectivity index (χ4v) is 3.62. The molecule has 2 N–H and O–H groups in total. The van der Waals surface area contributed by atoms with Gasteiger partial charge in [-0.25, -0.2) is 5.43 Å². The first-order chi connectivity index (χ1) is 17.4. The van der Waals surface area contributed by atoms with Crippen molar-refractivity contribution in [2.75, 3.05) is 11.9 Å². The highest BCUT2D eigenvalue weighted by molar-refractivity contribution is 6.31. The molecule has 0 heterocycles. The lowest BCUT2D eigenvalue weighted by Gasteiger charge is -2.17. The average molecular weight is 506 g/mol. The van der Waals surface area contributed by atoms with Crippen molar-refractivity contribution in [1.29, 1.82) is 0 Å². The first-order valence-corrected chi connectivity index (χ1v) is 11.8. The topological polar surface area (TPSA) is 89.0 Å². The molecular weight excluding hydrogens is 478 g/mol. The highest BCUT2D eigenvalue weighted by Crippen LogP contribution is 2.34. The summed E-state index contributed by atoms with van der Waals surface area (Å²) in [5.74, 6) is 0.534. The smallest absolute Gasteiger partial charge is 0.271 e. The molecule has 0 aliphatic rings. The van der Waals surface area contributed by atoms with E-state index in [2.05, 4.69) is 22.4 Å². The predicted octanol–water partition coefficient (Wildman–Crippen LogP) is 5.77. The van der Waals surface area contributed by atoms with E-state index >= 15 is 0 Å². The lowest BCUT2D eigenvalue weighted by molar-refractivity contribution is -0.114. The molecular formula is C28H28ClN3O4. The lowest BCUT2D eigenvalue weighted by atomic mass is 10.1. The van der Waals surface area contributed by atoms with Gasteiger partial charge in [-0.3, -0.25) is 9.59 Å². The van der Waals surface area contributed by atoms with Crippen LogP contribution < -0.4 is 20.2 Å². The van der Waals surface area contributed by atoms with Gasteiger partial charge >= 0.3 is 0 Å². The van der Waals surface area contributed by atoms with E-state index in [1.54, 1.807) is 36.4 Å². The predicted molar refractivity (Wildman–Crippen MR) is 143 cm³/mol. The van der Waals surface area contributed by atoms with Crippen LogP contribution in [0.5, 0.6) is 11.5 Å². The summed E-state index contributed by atoms with van der Waals surface area (Å²) in [6.45, 7) is 7.86. The normalized spacial score (nSPS) is 10.6. The van der Waals surface area contributed by atoms with Crippen LogP contribution >= 0.6 is 11.6 Å². The molecule has 0 saturated heterocycles. The maximum absolute atomic E-state index is 12.5. The minimum absolute atomic E-state index is 0.217. The van der Waals surface area contributed by atoms with Gasteiger partial charge in [0, 0.05) is 34.3 Å². The van der Waals surface area contributed by atoms with Crippen molar-refractivity contribution in [2.24, 2.45) is 5.10 Å². The number of rotatable bonds is 11. The summed E-state index contributed by atoms with van der Waals surface area (Å²) < 4.78 is 12.0. The molecule has 0 bridgehead atoms. The van der Waals surface area contributed by atoms with Gasteiger partial charge in [0.25, 0.3) is 5.91 Å². The number of anilines is 1. The number of hydrogen-bond acceptors (Lipinski definition) is 5. The molecule has 3 aromatic rings. The van der Waals surface area contributed by atoms with Gasteiger partial charge in [0.1, 0.15) is 6.61 Å². The fraction of sp³-hybridized carbons (Fsp3) is 0.179. The van der Waals surface area contributed by atoms with Crippen molar-refractivity contribution >= 4 is 35.3 Å². The molecule has 2 amide bonds. The number of nitrogens with zero attached hydrogens (tertiary/aromatic N) is 1. The van der Waals surface area contributed by atoms with E-state index in [1.807, 2.05) is 37.3 Å². The van der Waals surface area contributed by atoms with Crippen LogP contribution in [0.1, 0.15) is 40.9 Å². The molecule has 0 radical (unpaired) electrons. The maximum Gasteiger partial charge on any atom is 0.271 e. The molecule has 0 fully saturated rings. The molecule has 0 aliphatic heterocycles. The zero-order chi connectivity index (χ0) is 25.9. The van der Waals surface area contributed by atoms with E-state index in [0.717, 1.165) is 11.1 Å². The third-order valence-corrected chi connectivity index (χ3v) is 5.34. The van der Waals surface area contributed by atoms with Crippen LogP contribution in [-0.2, 0) is 17.8 Å². The van der Waals surface area contributed by atoms with Crippen LogP contribution in [0.25, 0.3) is 0 Å². The molecule has 0 aliphatic carbocycles. The number of halogens is 1. The van der Waals surface area contributed by atoms with Crippen LogP contribution in [0.3, 0.4) is 0 Å². The number of hydrazone groups is 1. The number of carbonyl (C=O) groups excluding carboxylic acids is 2. The second-order valence-electron chi connectivity index (χ2n) is 7.77. The number of benzene rings is 3. The zero-order valence-corrected chi connectivity index (χ0v) is 21.0. The van der Waals surface area contributed by atoms with E-state index in [9.17, 15) is 9.59 Å². The second kappa shape index (κ2) is 13.1. The summed E-state index contributed by atoms with van der Waals surface area (Å²) >= 11 is 6.28. The van der Waals surface area contributed by atoms with Crippen molar-refractivity contribution in [1.82, 2.24) is 5.43 Å². The number of allylic oxidation sites excluding steroid dienone is 1. The Kier molecular flexibility index (Phi) is 9.65.